The van der Waals surface area contributed by atoms with Crippen LogP contribution in [0.1, 0.15) is 126 Å². The van der Waals surface area contributed by atoms with Crippen LogP contribution in [0.3, 0.4) is 0 Å². The summed E-state index contributed by atoms with van der Waals surface area (Å²) in [5, 5.41) is 11.7. The molecule has 0 aromatic carbocycles. The van der Waals surface area contributed by atoms with Gasteiger partial charge in [0.15, 0.2) is 17.7 Å². The van der Waals surface area contributed by atoms with Crippen LogP contribution in [0.25, 0.3) is 22.5 Å². The summed E-state index contributed by atoms with van der Waals surface area (Å²) in [6.07, 6.45) is 22.9. The van der Waals surface area contributed by atoms with Crippen LogP contribution in [-0.2, 0) is 4.79 Å². The molecule has 0 radical (unpaired) electrons. The highest BCUT2D eigenvalue weighted by Crippen LogP contribution is 2.54. The molecule has 0 saturated carbocycles. The summed E-state index contributed by atoms with van der Waals surface area (Å²) in [7, 11) is 0. The number of nitrogens with zero attached hydrogens (tertiary/aromatic N) is 2. The lowest BCUT2D eigenvalue weighted by Crippen LogP contribution is -2.30. The first-order valence-electron chi connectivity index (χ1n) is 15.5. The molecule has 212 valence electrons. The minimum Gasteiger partial charge on any atom is -0.462 e. The van der Waals surface area contributed by atoms with E-state index in [1.54, 1.807) is 17.4 Å². The lowest BCUT2D eigenvalue weighted by Gasteiger charge is -2.30. The van der Waals surface area contributed by atoms with E-state index in [1.807, 2.05) is 29.4 Å². The molecule has 6 rings (SSSR count). The van der Waals surface area contributed by atoms with Crippen molar-refractivity contribution in [2.75, 3.05) is 0 Å². The quantitative estimate of drug-likeness (QED) is 0.242. The molecule has 4 aliphatic heterocycles. The molecule has 6 heterocycles. The fraction of sp³-hybridized carbons (Fsp3) is 0.500. The monoisotopic (exact) mass is 542 g/mol. The minimum atomic E-state index is -0.974. The number of unbranched alkanes of at least 4 members (excludes halogenated alkanes) is 10. The van der Waals surface area contributed by atoms with Crippen molar-refractivity contribution in [1.29, 1.82) is 0 Å². The highest BCUT2D eigenvalue weighted by Gasteiger charge is 2.52. The first-order valence-corrected chi connectivity index (χ1v) is 15.5. The number of carbonyl (C=O) groups excluding carboxylic acids is 1. The first-order chi connectivity index (χ1) is 19.7. The van der Waals surface area contributed by atoms with Crippen LogP contribution in [0, 0.1) is 0 Å². The summed E-state index contributed by atoms with van der Waals surface area (Å²) >= 11 is 0. The van der Waals surface area contributed by atoms with Crippen LogP contribution in [-0.4, -0.2) is 27.0 Å². The number of aliphatic hydroxyl groups excluding tert-OH is 1. The van der Waals surface area contributed by atoms with Crippen molar-refractivity contribution in [1.82, 2.24) is 9.80 Å². The molecule has 6 nitrogen and oxygen atoms in total. The Kier molecular flexibility index (Phi) is 7.88. The number of fused-ring (bicyclic) bond motifs is 7. The summed E-state index contributed by atoms with van der Waals surface area (Å²) < 4.78 is 12.0. The van der Waals surface area contributed by atoms with Crippen molar-refractivity contribution in [3.8, 4) is 0 Å². The molecule has 0 fully saturated rings. The summed E-state index contributed by atoms with van der Waals surface area (Å²) in [5.74, 6) is 1.23. The van der Waals surface area contributed by atoms with Crippen LogP contribution in [0.15, 0.2) is 57.0 Å². The third-order valence-corrected chi connectivity index (χ3v) is 8.85. The second-order valence-corrected chi connectivity index (χ2v) is 11.6. The maximum Gasteiger partial charge on any atom is 0.265 e. The highest BCUT2D eigenvalue weighted by atomic mass is 16.3. The lowest BCUT2D eigenvalue weighted by atomic mass is 9.95. The molecule has 2 aromatic heterocycles. The maximum atomic E-state index is 14.0. The number of allylic oxidation sites excluding steroid dienone is 2. The summed E-state index contributed by atoms with van der Waals surface area (Å²) in [5.41, 5.74) is 6.81. The number of furan rings is 2. The predicted molar refractivity (Wildman–Crippen MR) is 158 cm³/mol. The molecule has 4 aliphatic rings. The van der Waals surface area contributed by atoms with E-state index in [4.69, 9.17) is 8.83 Å². The second kappa shape index (κ2) is 11.7. The van der Waals surface area contributed by atoms with Gasteiger partial charge in [-0.25, -0.2) is 0 Å². The van der Waals surface area contributed by atoms with Crippen molar-refractivity contribution in [3.63, 3.8) is 0 Å². The van der Waals surface area contributed by atoms with Crippen molar-refractivity contribution in [2.24, 2.45) is 0 Å². The standard InChI is InChI=1S/C34H42N2O4/c1-3-5-7-9-11-13-15-23-21-35-29(31-25(23)17-19-39-31)27-28(33(35)37)30-32-26(18-20-40-32)24(22-36(30)34(27)38)16-14-12-10-8-6-4-2/h17-22,33,37H,3-16H2,1-2H3. The Balaban J connectivity index is 1.28. The number of carbonyl (C=O) groups is 1. The normalized spacial score (nSPS) is 19.1. The molecular formula is C34H42N2O4. The van der Waals surface area contributed by atoms with Crippen LogP contribution >= 0.6 is 0 Å². The number of rotatable bonds is 14. The number of hydrogen-bond acceptors (Lipinski definition) is 5. The Morgan fingerprint density at radius 3 is 1.85 bits per heavy atom. The van der Waals surface area contributed by atoms with Gasteiger partial charge in [0.2, 0.25) is 0 Å². The van der Waals surface area contributed by atoms with Gasteiger partial charge in [0.05, 0.1) is 18.1 Å². The average Bonchev–Trinajstić information content (AvgIpc) is 3.74. The largest absolute Gasteiger partial charge is 0.462 e. The maximum absolute atomic E-state index is 14.0. The SMILES string of the molecule is CCCCCCCCC1=CN2C(=O)C3=C4c5occc5C(CCCCCCCC)=CN4C(O)C3=C2c2occc21. The lowest BCUT2D eigenvalue weighted by molar-refractivity contribution is -0.121. The highest BCUT2D eigenvalue weighted by molar-refractivity contribution is 6.18. The second-order valence-electron chi connectivity index (χ2n) is 11.6. The molecule has 0 bridgehead atoms. The fourth-order valence-corrected chi connectivity index (χ4v) is 6.72. The summed E-state index contributed by atoms with van der Waals surface area (Å²) in [6, 6.07) is 3.99. The van der Waals surface area contributed by atoms with Crippen LogP contribution < -0.4 is 0 Å². The number of amides is 1. The molecule has 0 aliphatic carbocycles. The molecule has 0 saturated heterocycles. The van der Waals surface area contributed by atoms with Gasteiger partial charge in [0, 0.05) is 29.1 Å². The molecule has 1 N–H and O–H groups in total. The minimum absolute atomic E-state index is 0.126. The van der Waals surface area contributed by atoms with Crippen LogP contribution in [0.4, 0.5) is 0 Å². The van der Waals surface area contributed by atoms with Crippen LogP contribution in [0.2, 0.25) is 0 Å². The molecule has 1 unspecified atom stereocenters. The van der Waals surface area contributed by atoms with Crippen molar-refractivity contribution >= 4 is 28.4 Å². The Morgan fingerprint density at radius 1 is 0.725 bits per heavy atom. The van der Waals surface area contributed by atoms with E-state index in [0.29, 0.717) is 34.1 Å². The number of hydrogen-bond donors (Lipinski definition) is 1. The van der Waals surface area contributed by atoms with E-state index in [9.17, 15) is 9.90 Å². The smallest absolute Gasteiger partial charge is 0.265 e. The molecule has 1 atom stereocenters. The van der Waals surface area contributed by atoms with E-state index in [-0.39, 0.29) is 5.91 Å². The number of aliphatic hydroxyl groups is 1. The Labute approximate surface area is 237 Å². The van der Waals surface area contributed by atoms with Crippen molar-refractivity contribution < 1.29 is 18.7 Å². The summed E-state index contributed by atoms with van der Waals surface area (Å²) in [4.78, 5) is 17.5. The van der Waals surface area contributed by atoms with Crippen molar-refractivity contribution in [2.45, 2.75) is 110 Å². The predicted octanol–water partition coefficient (Wildman–Crippen LogP) is 8.68. The molecule has 0 spiro atoms. The van der Waals surface area contributed by atoms with Crippen LogP contribution in [0.5, 0.6) is 0 Å². The van der Waals surface area contributed by atoms with E-state index in [2.05, 4.69) is 13.8 Å². The zero-order valence-corrected chi connectivity index (χ0v) is 24.0. The van der Waals surface area contributed by atoms with E-state index >= 15 is 0 Å². The van der Waals surface area contributed by atoms with Gasteiger partial charge in [-0.05, 0) is 49.0 Å². The molecule has 6 heteroatoms. The van der Waals surface area contributed by atoms with Gasteiger partial charge >= 0.3 is 0 Å². The first kappa shape index (κ1) is 26.9. The van der Waals surface area contributed by atoms with Gasteiger partial charge < -0.3 is 18.8 Å². The van der Waals surface area contributed by atoms with E-state index < -0.39 is 6.23 Å². The van der Waals surface area contributed by atoms with Gasteiger partial charge in [0.1, 0.15) is 11.4 Å². The van der Waals surface area contributed by atoms with Gasteiger partial charge in [0.25, 0.3) is 5.91 Å². The molecule has 40 heavy (non-hydrogen) atoms. The third kappa shape index (κ3) is 4.60. The molecular weight excluding hydrogens is 500 g/mol. The van der Waals surface area contributed by atoms with Crippen molar-refractivity contribution in [3.05, 3.63) is 70.9 Å². The zero-order chi connectivity index (χ0) is 27.6. The Bertz CT molecular complexity index is 1380. The molecule has 2 aromatic rings. The Morgan fingerprint density at radius 2 is 1.25 bits per heavy atom. The van der Waals surface area contributed by atoms with Gasteiger partial charge in [-0.1, -0.05) is 78.1 Å². The van der Waals surface area contributed by atoms with Gasteiger partial charge in [-0.2, -0.15) is 0 Å². The van der Waals surface area contributed by atoms with Gasteiger partial charge in [-0.15, -0.1) is 0 Å². The average molecular weight is 543 g/mol. The molecule has 1 amide bonds. The Hall–Kier alpha value is -3.25. The third-order valence-electron chi connectivity index (χ3n) is 8.85. The summed E-state index contributed by atoms with van der Waals surface area (Å²) in [6.45, 7) is 4.47. The zero-order valence-electron chi connectivity index (χ0n) is 24.0. The van der Waals surface area contributed by atoms with Gasteiger partial charge in [-0.3, -0.25) is 9.69 Å². The van der Waals surface area contributed by atoms with E-state index in [1.165, 1.54) is 64.2 Å². The fourth-order valence-electron chi connectivity index (χ4n) is 6.72. The topological polar surface area (TPSA) is 70.1 Å². The van der Waals surface area contributed by atoms with E-state index in [0.717, 1.165) is 48.0 Å².